The number of hydrogen-bond acceptors (Lipinski definition) is 3. The van der Waals surface area contributed by atoms with E-state index in [2.05, 4.69) is 4.72 Å². The lowest BCUT2D eigenvalue weighted by atomic mass is 10.0. The Balaban J connectivity index is 2.09. The Morgan fingerprint density at radius 3 is 2.16 bits per heavy atom. The largest absolute Gasteiger partial charge is 0.416 e. The van der Waals surface area contributed by atoms with Crippen LogP contribution in [0.25, 0.3) is 6.08 Å². The van der Waals surface area contributed by atoms with Crippen LogP contribution >= 0.6 is 0 Å². The third kappa shape index (κ3) is 7.52. The normalized spacial score (nSPS) is 13.5. The molecule has 1 N–H and O–H groups in total. The van der Waals surface area contributed by atoms with E-state index in [0.29, 0.717) is 11.1 Å². The zero-order valence-corrected chi connectivity index (χ0v) is 18.2. The maximum absolute atomic E-state index is 12.9. The van der Waals surface area contributed by atoms with Crippen LogP contribution in [0.3, 0.4) is 0 Å². The fraction of sp³-hybridized carbons (Fsp3) is 0.318. The summed E-state index contributed by atoms with van der Waals surface area (Å²) in [5.74, 6) is -0.825. The Morgan fingerprint density at radius 2 is 1.65 bits per heavy atom. The first-order valence-corrected chi connectivity index (χ1v) is 11.1. The second-order valence-electron chi connectivity index (χ2n) is 7.49. The summed E-state index contributed by atoms with van der Waals surface area (Å²) >= 11 is 0. The van der Waals surface area contributed by atoms with Crippen molar-refractivity contribution >= 4 is 22.0 Å². The van der Waals surface area contributed by atoms with Crippen molar-refractivity contribution in [1.29, 1.82) is 0 Å². The molecule has 0 fully saturated rings. The van der Waals surface area contributed by atoms with Gasteiger partial charge in [-0.15, -0.1) is 0 Å². The van der Waals surface area contributed by atoms with Gasteiger partial charge in [-0.25, -0.2) is 8.42 Å². The number of amides is 1. The number of halogens is 3. The molecule has 0 aliphatic rings. The highest BCUT2D eigenvalue weighted by Gasteiger charge is 2.31. The Hall–Kier alpha value is -2.65. The van der Waals surface area contributed by atoms with Crippen LogP contribution in [-0.4, -0.2) is 32.3 Å². The van der Waals surface area contributed by atoms with Gasteiger partial charge in [0.15, 0.2) is 0 Å². The smallest absolute Gasteiger partial charge is 0.340 e. The van der Waals surface area contributed by atoms with E-state index in [0.717, 1.165) is 17.5 Å². The number of hydrogen-bond donors (Lipinski definition) is 1. The minimum absolute atomic E-state index is 0.0434. The van der Waals surface area contributed by atoms with Gasteiger partial charge in [-0.2, -0.15) is 17.9 Å². The molecule has 168 valence electrons. The molecule has 0 radical (unpaired) electrons. The first kappa shape index (κ1) is 24.6. The first-order valence-electron chi connectivity index (χ1n) is 9.55. The van der Waals surface area contributed by atoms with Gasteiger partial charge in [0, 0.05) is 19.0 Å². The highest BCUT2D eigenvalue weighted by molar-refractivity contribution is 7.92. The quantitative estimate of drug-likeness (QED) is 0.648. The second kappa shape index (κ2) is 10.1. The monoisotopic (exact) mass is 454 g/mol. The molecule has 0 heterocycles. The molecule has 2 rings (SSSR count). The van der Waals surface area contributed by atoms with Crippen LogP contribution in [0.15, 0.2) is 60.0 Å². The van der Waals surface area contributed by atoms with Crippen LogP contribution in [0.2, 0.25) is 0 Å². The lowest BCUT2D eigenvalue weighted by Crippen LogP contribution is -2.49. The number of carbonyl (C=O) groups excluding carboxylic acids is 1. The summed E-state index contributed by atoms with van der Waals surface area (Å²) in [4.78, 5) is 14.2. The fourth-order valence-corrected chi connectivity index (χ4v) is 3.95. The molecule has 9 heteroatoms. The van der Waals surface area contributed by atoms with Gasteiger partial charge >= 0.3 is 6.18 Å². The number of alkyl halides is 3. The SMILES string of the molecule is CC(C)[C@H](NS(=O)(=O)/C=C/c1ccccc1)C(=O)N(C)Cc1ccc(C(F)(F)F)cc1. The Bertz CT molecular complexity index is 1000. The van der Waals surface area contributed by atoms with Gasteiger partial charge in [-0.05, 0) is 35.3 Å². The predicted molar refractivity (Wildman–Crippen MR) is 114 cm³/mol. The molecule has 5 nitrogen and oxygen atoms in total. The molecule has 0 saturated carbocycles. The summed E-state index contributed by atoms with van der Waals surface area (Å²) in [5, 5.41) is 1.00. The summed E-state index contributed by atoms with van der Waals surface area (Å²) in [6, 6.07) is 12.3. The molecule has 0 unspecified atom stereocenters. The molecule has 0 aromatic heterocycles. The van der Waals surface area contributed by atoms with E-state index in [-0.39, 0.29) is 12.5 Å². The highest BCUT2D eigenvalue weighted by atomic mass is 32.2. The molecule has 0 bridgehead atoms. The van der Waals surface area contributed by atoms with Crippen molar-refractivity contribution in [2.75, 3.05) is 7.05 Å². The Labute approximate surface area is 180 Å². The topological polar surface area (TPSA) is 66.5 Å². The summed E-state index contributed by atoms with van der Waals surface area (Å²) in [7, 11) is -2.42. The third-order valence-corrected chi connectivity index (χ3v) is 5.62. The van der Waals surface area contributed by atoms with E-state index < -0.39 is 33.7 Å². The predicted octanol–water partition coefficient (Wildman–Crippen LogP) is 4.28. The zero-order valence-electron chi connectivity index (χ0n) is 17.4. The number of nitrogens with zero attached hydrogens (tertiary/aromatic N) is 1. The van der Waals surface area contributed by atoms with Crippen LogP contribution in [0.4, 0.5) is 13.2 Å². The molecule has 0 aliphatic carbocycles. The summed E-state index contributed by atoms with van der Waals surface area (Å²) in [6.07, 6.45) is -3.01. The summed E-state index contributed by atoms with van der Waals surface area (Å²) in [5.41, 5.74) is 0.418. The average Bonchev–Trinajstić information content (AvgIpc) is 2.70. The van der Waals surface area contributed by atoms with Gasteiger partial charge in [0.05, 0.1) is 5.56 Å². The summed E-state index contributed by atoms with van der Waals surface area (Å²) in [6.45, 7) is 3.46. The van der Waals surface area contributed by atoms with Crippen LogP contribution in [0.5, 0.6) is 0 Å². The maximum atomic E-state index is 12.9. The van der Waals surface area contributed by atoms with Crippen molar-refractivity contribution in [2.45, 2.75) is 32.6 Å². The fourth-order valence-electron chi connectivity index (χ4n) is 2.81. The Kier molecular flexibility index (Phi) is 8.02. The van der Waals surface area contributed by atoms with E-state index in [1.807, 2.05) is 6.07 Å². The molecule has 0 aliphatic heterocycles. The zero-order chi connectivity index (χ0) is 23.2. The van der Waals surface area contributed by atoms with Crippen molar-refractivity contribution in [3.63, 3.8) is 0 Å². The van der Waals surface area contributed by atoms with Crippen molar-refractivity contribution in [3.05, 3.63) is 76.7 Å². The third-order valence-electron chi connectivity index (χ3n) is 4.54. The maximum Gasteiger partial charge on any atom is 0.416 e. The lowest BCUT2D eigenvalue weighted by molar-refractivity contribution is -0.137. The van der Waals surface area contributed by atoms with E-state index in [1.54, 1.807) is 38.1 Å². The van der Waals surface area contributed by atoms with E-state index in [1.165, 1.54) is 30.2 Å². The van der Waals surface area contributed by atoms with Crippen molar-refractivity contribution in [3.8, 4) is 0 Å². The number of benzene rings is 2. The summed E-state index contributed by atoms with van der Waals surface area (Å²) < 4.78 is 65.4. The molecule has 0 saturated heterocycles. The molecule has 0 spiro atoms. The molecular formula is C22H25F3N2O3S. The van der Waals surface area contributed by atoms with Gasteiger partial charge in [-0.3, -0.25) is 4.79 Å². The molecule has 2 aromatic carbocycles. The van der Waals surface area contributed by atoms with Gasteiger partial charge in [0.25, 0.3) is 0 Å². The highest BCUT2D eigenvalue weighted by Crippen LogP contribution is 2.29. The average molecular weight is 455 g/mol. The minimum atomic E-state index is -4.44. The van der Waals surface area contributed by atoms with E-state index in [9.17, 15) is 26.4 Å². The van der Waals surface area contributed by atoms with Crippen LogP contribution < -0.4 is 4.72 Å². The van der Waals surface area contributed by atoms with Crippen LogP contribution in [0.1, 0.15) is 30.5 Å². The number of nitrogens with one attached hydrogen (secondary N) is 1. The molecule has 1 atom stereocenters. The van der Waals surface area contributed by atoms with E-state index >= 15 is 0 Å². The second-order valence-corrected chi connectivity index (χ2v) is 9.08. The van der Waals surface area contributed by atoms with E-state index in [4.69, 9.17) is 0 Å². The minimum Gasteiger partial charge on any atom is -0.340 e. The van der Waals surface area contributed by atoms with Crippen molar-refractivity contribution in [2.24, 2.45) is 5.92 Å². The molecular weight excluding hydrogens is 429 g/mol. The first-order chi connectivity index (χ1) is 14.4. The number of likely N-dealkylation sites (N-methyl/N-ethyl adjacent to an activating group) is 1. The standard InChI is InChI=1S/C22H25F3N2O3S/c1-16(2)20(26-31(29,30)14-13-17-7-5-4-6-8-17)21(28)27(3)15-18-9-11-19(12-10-18)22(23,24)25/h4-14,16,20,26H,15H2,1-3H3/b14-13+/t20-/m0/s1. The van der Waals surface area contributed by atoms with Gasteiger partial charge in [0.2, 0.25) is 15.9 Å². The number of sulfonamides is 1. The lowest BCUT2D eigenvalue weighted by Gasteiger charge is -2.26. The molecule has 31 heavy (non-hydrogen) atoms. The van der Waals surface area contributed by atoms with Crippen LogP contribution in [0, 0.1) is 5.92 Å². The number of rotatable bonds is 8. The molecule has 2 aromatic rings. The van der Waals surface area contributed by atoms with Crippen LogP contribution in [-0.2, 0) is 27.5 Å². The Morgan fingerprint density at radius 1 is 1.06 bits per heavy atom. The molecule has 1 amide bonds. The van der Waals surface area contributed by atoms with Gasteiger partial charge < -0.3 is 4.90 Å². The van der Waals surface area contributed by atoms with Crippen molar-refractivity contribution in [1.82, 2.24) is 9.62 Å². The number of carbonyl (C=O) groups is 1. The van der Waals surface area contributed by atoms with Gasteiger partial charge in [0.1, 0.15) is 6.04 Å². The van der Waals surface area contributed by atoms with Gasteiger partial charge in [-0.1, -0.05) is 56.3 Å². The van der Waals surface area contributed by atoms with Crippen molar-refractivity contribution < 1.29 is 26.4 Å².